The molecule has 1 heterocycles. The first-order valence-corrected chi connectivity index (χ1v) is 19.5. The first-order valence-electron chi connectivity index (χ1n) is 18.1. The Labute approximate surface area is 300 Å². The lowest BCUT2D eigenvalue weighted by atomic mass is 10.0. The minimum absolute atomic E-state index is 0.0270. The number of unbranched alkanes of at least 4 members (excludes halogenated alkanes) is 14. The number of carbonyl (C=O) groups is 1. The number of ether oxygens (including phenoxy) is 1. The van der Waals surface area contributed by atoms with E-state index in [0.29, 0.717) is 17.9 Å². The molecular formula is C39H50N4O7S. The summed E-state index contributed by atoms with van der Waals surface area (Å²) in [5, 5.41) is 20.8. The second-order valence-corrected chi connectivity index (χ2v) is 14.2. The highest BCUT2D eigenvalue weighted by Crippen LogP contribution is 2.31. The molecule has 0 spiro atoms. The van der Waals surface area contributed by atoms with E-state index in [-0.39, 0.29) is 28.4 Å². The van der Waals surface area contributed by atoms with E-state index in [1.807, 2.05) is 0 Å². The van der Waals surface area contributed by atoms with Crippen LogP contribution in [-0.4, -0.2) is 33.8 Å². The molecule has 3 aromatic carbocycles. The topological polar surface area (TPSA) is 163 Å². The van der Waals surface area contributed by atoms with Crippen molar-refractivity contribution in [1.82, 2.24) is 9.78 Å². The summed E-state index contributed by atoms with van der Waals surface area (Å²) in [6, 6.07) is 18.5. The van der Waals surface area contributed by atoms with Crippen molar-refractivity contribution in [3.63, 3.8) is 0 Å². The first-order chi connectivity index (χ1) is 24.7. The number of hydrogen-bond donors (Lipinski definition) is 3. The third kappa shape index (κ3) is 12.6. The normalized spacial score (nSPS) is 11.7. The Balaban J connectivity index is 1.43. The number of nitrogens with zero attached hydrogens (tertiary/aromatic N) is 3. The number of carboxylic acids is 1. The number of azo groups is 1. The lowest BCUT2D eigenvalue weighted by Gasteiger charge is -2.11. The standard InChI is InChI=1S/C39H50N4O7S/c1-2-3-4-5-6-7-8-9-10-11-12-13-14-15-19-25-34-37(41-40-31-22-20-21-30(28-31)39(45)46)38(44)43(42-34)32-26-27-35(36(29-32)51(47,48)49)50-33-23-17-16-18-24-33/h16-18,20-24,26-29,42H,2-15,19,25H2,1H3,(H,45,46)(H,47,48,49). The number of hydrogen-bond acceptors (Lipinski definition) is 7. The number of benzene rings is 3. The van der Waals surface area contributed by atoms with Crippen LogP contribution in [0.5, 0.6) is 11.5 Å². The van der Waals surface area contributed by atoms with Crippen molar-refractivity contribution in [2.24, 2.45) is 10.2 Å². The number of aromatic amines is 1. The van der Waals surface area contributed by atoms with Gasteiger partial charge in [-0.2, -0.15) is 13.5 Å². The number of H-pyrrole nitrogens is 1. The zero-order valence-corrected chi connectivity index (χ0v) is 30.2. The molecule has 0 fully saturated rings. The van der Waals surface area contributed by atoms with Gasteiger partial charge in [0.25, 0.3) is 15.7 Å². The van der Waals surface area contributed by atoms with E-state index in [2.05, 4.69) is 22.3 Å². The molecule has 0 aliphatic carbocycles. The van der Waals surface area contributed by atoms with Gasteiger partial charge in [-0.3, -0.25) is 14.4 Å². The summed E-state index contributed by atoms with van der Waals surface area (Å²) in [4.78, 5) is 24.7. The number of aromatic nitrogens is 2. The SMILES string of the molecule is CCCCCCCCCCCCCCCCCc1[nH]n(-c2ccc(Oc3ccccc3)c(S(=O)(=O)O)c2)c(=O)c1N=Nc1cccc(C(=O)O)c1. The molecule has 4 rings (SSSR count). The number of aryl methyl sites for hydroxylation is 1. The van der Waals surface area contributed by atoms with E-state index in [1.165, 1.54) is 94.9 Å². The van der Waals surface area contributed by atoms with Crippen molar-refractivity contribution in [1.29, 1.82) is 0 Å². The highest BCUT2D eigenvalue weighted by molar-refractivity contribution is 7.86. The average Bonchev–Trinajstić information content (AvgIpc) is 3.43. The molecule has 0 saturated carbocycles. The number of para-hydroxylation sites is 1. The quantitative estimate of drug-likeness (QED) is 0.0390. The predicted molar refractivity (Wildman–Crippen MR) is 199 cm³/mol. The van der Waals surface area contributed by atoms with Crippen LogP contribution in [0.4, 0.5) is 11.4 Å². The van der Waals surface area contributed by atoms with E-state index in [1.54, 1.807) is 42.5 Å². The van der Waals surface area contributed by atoms with Gasteiger partial charge in [-0.15, -0.1) is 5.11 Å². The van der Waals surface area contributed by atoms with Crippen LogP contribution in [-0.2, 0) is 16.5 Å². The smallest absolute Gasteiger partial charge is 0.335 e. The fraction of sp³-hybridized carbons (Fsp3) is 0.436. The Morgan fingerprint density at radius 2 is 1.37 bits per heavy atom. The van der Waals surface area contributed by atoms with Crippen LogP contribution >= 0.6 is 0 Å². The van der Waals surface area contributed by atoms with E-state index >= 15 is 0 Å². The largest absolute Gasteiger partial charge is 0.478 e. The van der Waals surface area contributed by atoms with Crippen LogP contribution in [0.1, 0.15) is 119 Å². The summed E-state index contributed by atoms with van der Waals surface area (Å²) in [6.07, 6.45) is 18.9. The second-order valence-electron chi connectivity index (χ2n) is 12.9. The average molecular weight is 719 g/mol. The molecule has 12 heteroatoms. The van der Waals surface area contributed by atoms with Crippen molar-refractivity contribution in [3.8, 4) is 17.2 Å². The van der Waals surface area contributed by atoms with Gasteiger partial charge in [-0.25, -0.2) is 9.48 Å². The Bertz CT molecular complexity index is 1880. The highest BCUT2D eigenvalue weighted by atomic mass is 32.2. The number of rotatable bonds is 23. The fourth-order valence-electron chi connectivity index (χ4n) is 5.95. The van der Waals surface area contributed by atoms with Gasteiger partial charge >= 0.3 is 5.97 Å². The van der Waals surface area contributed by atoms with Crippen LogP contribution in [0, 0.1) is 0 Å². The molecule has 0 saturated heterocycles. The molecule has 3 N–H and O–H groups in total. The predicted octanol–water partition coefficient (Wildman–Crippen LogP) is 10.7. The molecule has 0 bridgehead atoms. The Morgan fingerprint density at radius 1 is 0.765 bits per heavy atom. The third-order valence-electron chi connectivity index (χ3n) is 8.76. The van der Waals surface area contributed by atoms with Crippen molar-refractivity contribution in [3.05, 3.63) is 94.4 Å². The van der Waals surface area contributed by atoms with Crippen LogP contribution in [0.2, 0.25) is 0 Å². The maximum absolute atomic E-state index is 13.7. The summed E-state index contributed by atoms with van der Waals surface area (Å²) < 4.78 is 41.7. The van der Waals surface area contributed by atoms with Gasteiger partial charge in [0, 0.05) is 0 Å². The number of nitrogens with one attached hydrogen (secondary N) is 1. The minimum atomic E-state index is -4.74. The molecule has 0 aliphatic heterocycles. The zero-order valence-electron chi connectivity index (χ0n) is 29.4. The summed E-state index contributed by atoms with van der Waals surface area (Å²) in [6.45, 7) is 2.25. The molecule has 0 aliphatic rings. The van der Waals surface area contributed by atoms with E-state index in [9.17, 15) is 27.7 Å². The molecule has 0 amide bonds. The summed E-state index contributed by atoms with van der Waals surface area (Å²) in [7, 11) is -4.74. The molecule has 51 heavy (non-hydrogen) atoms. The maximum Gasteiger partial charge on any atom is 0.335 e. The van der Waals surface area contributed by atoms with Gasteiger partial charge in [0.1, 0.15) is 16.4 Å². The van der Waals surface area contributed by atoms with Gasteiger partial charge in [-0.1, -0.05) is 121 Å². The zero-order chi connectivity index (χ0) is 36.5. The molecule has 11 nitrogen and oxygen atoms in total. The minimum Gasteiger partial charge on any atom is -0.478 e. The van der Waals surface area contributed by atoms with Crippen molar-refractivity contribution in [2.45, 2.75) is 115 Å². The summed E-state index contributed by atoms with van der Waals surface area (Å²) in [5.74, 6) is -0.852. The highest BCUT2D eigenvalue weighted by Gasteiger charge is 2.22. The van der Waals surface area contributed by atoms with Gasteiger partial charge in [0.05, 0.1) is 22.6 Å². The van der Waals surface area contributed by atoms with Crippen LogP contribution in [0.15, 0.2) is 92.7 Å². The van der Waals surface area contributed by atoms with Gasteiger partial charge in [0.15, 0.2) is 5.69 Å². The van der Waals surface area contributed by atoms with Gasteiger partial charge < -0.3 is 9.84 Å². The van der Waals surface area contributed by atoms with Crippen molar-refractivity contribution in [2.75, 3.05) is 0 Å². The van der Waals surface area contributed by atoms with Crippen LogP contribution in [0.3, 0.4) is 0 Å². The van der Waals surface area contributed by atoms with E-state index < -0.39 is 26.5 Å². The van der Waals surface area contributed by atoms with E-state index in [0.717, 1.165) is 36.4 Å². The molecule has 1 aromatic heterocycles. The molecule has 0 atom stereocenters. The van der Waals surface area contributed by atoms with E-state index in [4.69, 9.17) is 4.74 Å². The summed E-state index contributed by atoms with van der Waals surface area (Å²) in [5.41, 5.74) is 0.384. The molecule has 274 valence electrons. The second kappa shape index (κ2) is 20.3. The summed E-state index contributed by atoms with van der Waals surface area (Å²) >= 11 is 0. The maximum atomic E-state index is 13.7. The Morgan fingerprint density at radius 3 is 1.96 bits per heavy atom. The van der Waals surface area contributed by atoms with Crippen molar-refractivity contribution >= 4 is 27.5 Å². The van der Waals surface area contributed by atoms with Gasteiger partial charge in [0.2, 0.25) is 0 Å². The lowest BCUT2D eigenvalue weighted by Crippen LogP contribution is -2.15. The fourth-order valence-corrected chi connectivity index (χ4v) is 6.59. The molecule has 4 aromatic rings. The van der Waals surface area contributed by atoms with Gasteiger partial charge in [-0.05, 0) is 61.4 Å². The Hall–Kier alpha value is -4.55. The number of aromatic carboxylic acids is 1. The van der Waals surface area contributed by atoms with Crippen LogP contribution < -0.4 is 10.3 Å². The molecule has 0 unspecified atom stereocenters. The Kier molecular flexibility index (Phi) is 15.6. The lowest BCUT2D eigenvalue weighted by molar-refractivity contribution is 0.0697. The number of carboxylic acid groups (broad SMARTS) is 1. The molecule has 0 radical (unpaired) electrons. The third-order valence-corrected chi connectivity index (χ3v) is 9.64. The molecular weight excluding hydrogens is 669 g/mol. The first kappa shape index (κ1) is 39.2. The monoisotopic (exact) mass is 718 g/mol. The van der Waals surface area contributed by atoms with Crippen molar-refractivity contribution < 1.29 is 27.6 Å². The van der Waals surface area contributed by atoms with Crippen LogP contribution in [0.25, 0.3) is 5.69 Å².